The number of aryl methyl sites for hydroxylation is 1. The number of unbranched alkanes of at least 4 members (excludes halogenated alkanes) is 9. The Balaban J connectivity index is 0.00000484. The van der Waals surface area contributed by atoms with Crippen LogP contribution < -0.4 is 0 Å². The number of benzene rings is 1. The number of hydrogen-bond acceptors (Lipinski definition) is 1. The fourth-order valence-electron chi connectivity index (χ4n) is 2.98. The summed E-state index contributed by atoms with van der Waals surface area (Å²) < 4.78 is 0. The summed E-state index contributed by atoms with van der Waals surface area (Å²) in [5.74, 6) is 0.361. The molecule has 1 nitrogen and oxygen atoms in total. The summed E-state index contributed by atoms with van der Waals surface area (Å²) in [6, 6.07) is 5.68. The summed E-state index contributed by atoms with van der Waals surface area (Å²) >= 11 is 3.80. The molecule has 0 fully saturated rings. The molecule has 0 amide bonds. The number of hydrogen-bond donors (Lipinski definition) is 1. The highest BCUT2D eigenvalue weighted by Gasteiger charge is 2.10. The molecule has 0 aliphatic rings. The molecule has 0 radical (unpaired) electrons. The van der Waals surface area contributed by atoms with Crippen molar-refractivity contribution in [3.05, 3.63) is 29.3 Å². The van der Waals surface area contributed by atoms with Gasteiger partial charge in [0, 0.05) is 4.83 Å². The molecule has 23 heavy (non-hydrogen) atoms. The second-order valence-electron chi connectivity index (χ2n) is 6.48. The van der Waals surface area contributed by atoms with Crippen LogP contribution in [0.5, 0.6) is 5.75 Å². The molecule has 0 spiro atoms. The quantitative estimate of drug-likeness (QED) is 0.282. The van der Waals surface area contributed by atoms with E-state index >= 15 is 0 Å². The fourth-order valence-corrected chi connectivity index (χ4v) is 3.82. The normalized spacial score (nSPS) is 12.0. The van der Waals surface area contributed by atoms with Gasteiger partial charge in [0.25, 0.3) is 0 Å². The largest absolute Gasteiger partial charge is 0.508 e. The first-order chi connectivity index (χ1) is 10.6. The molecule has 1 rings (SSSR count). The molecular weight excluding hydrogens is 368 g/mol. The highest BCUT2D eigenvalue weighted by Crippen LogP contribution is 2.32. The zero-order valence-corrected chi connectivity index (χ0v) is 17.5. The van der Waals surface area contributed by atoms with Gasteiger partial charge in [0.15, 0.2) is 0 Å². The van der Waals surface area contributed by atoms with Crippen LogP contribution in [0.2, 0.25) is 0 Å². The third kappa shape index (κ3) is 10.3. The van der Waals surface area contributed by atoms with E-state index < -0.39 is 0 Å². The number of alkyl halides is 1. The van der Waals surface area contributed by atoms with Gasteiger partial charge in [-0.15, -0.1) is 0 Å². The van der Waals surface area contributed by atoms with E-state index in [9.17, 15) is 5.11 Å². The molecule has 0 saturated heterocycles. The number of aromatic hydroxyl groups is 1. The Kier molecular flexibility index (Phi) is 14.1. The Hall–Kier alpha value is -0.150. The Bertz CT molecular complexity index is 409. The first-order valence-corrected chi connectivity index (χ1v) is 10.00. The highest BCUT2D eigenvalue weighted by atomic mass is 79.9. The van der Waals surface area contributed by atoms with Crippen LogP contribution in [0.15, 0.2) is 18.2 Å². The molecule has 1 N–H and O–H groups in total. The van der Waals surface area contributed by atoms with Crippen LogP contribution in [0.25, 0.3) is 0 Å². The second kappa shape index (κ2) is 14.2. The number of phenols is 1. The minimum Gasteiger partial charge on any atom is -0.508 e. The van der Waals surface area contributed by atoms with Crippen molar-refractivity contribution < 1.29 is 5.11 Å². The lowest BCUT2D eigenvalue weighted by atomic mass is 10.0. The average molecular weight is 403 g/mol. The third-order valence-corrected chi connectivity index (χ3v) is 5.35. The lowest BCUT2D eigenvalue weighted by Crippen LogP contribution is -1.94. The fraction of sp³-hybridized carbons (Fsp3) is 0.700. The molecule has 134 valence electrons. The molecule has 0 saturated carbocycles. The molecule has 0 aliphatic heterocycles. The Morgan fingerprint density at radius 2 is 1.43 bits per heavy atom. The van der Waals surface area contributed by atoms with Crippen LogP contribution in [-0.2, 0) is 0 Å². The molecule has 0 bridgehead atoms. The first-order valence-electron chi connectivity index (χ1n) is 9.08. The molecule has 0 aliphatic carbocycles. The van der Waals surface area contributed by atoms with Gasteiger partial charge in [-0.3, -0.25) is 0 Å². The van der Waals surface area contributed by atoms with Gasteiger partial charge in [0.05, 0.1) is 0 Å². The summed E-state index contributed by atoms with van der Waals surface area (Å²) in [6.45, 7) is 4.35. The molecule has 0 aromatic heterocycles. The molecule has 1 unspecified atom stereocenters. The lowest BCUT2D eigenvalue weighted by molar-refractivity contribution is 0.474. The van der Waals surface area contributed by atoms with Gasteiger partial charge in [0.2, 0.25) is 0 Å². The predicted molar refractivity (Wildman–Crippen MR) is 111 cm³/mol. The van der Waals surface area contributed by atoms with Crippen molar-refractivity contribution >= 4 is 29.4 Å². The van der Waals surface area contributed by atoms with Crippen LogP contribution in [0.4, 0.5) is 0 Å². The molecule has 3 heteroatoms. The Morgan fingerprint density at radius 3 is 1.96 bits per heavy atom. The first kappa shape index (κ1) is 22.9. The summed E-state index contributed by atoms with van der Waals surface area (Å²) in [5, 5.41) is 9.47. The molecule has 0 heterocycles. The van der Waals surface area contributed by atoms with E-state index in [2.05, 4.69) is 29.8 Å². The Morgan fingerprint density at radius 1 is 0.913 bits per heavy atom. The van der Waals surface area contributed by atoms with Gasteiger partial charge in [0.1, 0.15) is 5.75 Å². The van der Waals surface area contributed by atoms with Crippen LogP contribution in [0, 0.1) is 6.92 Å². The number of rotatable bonds is 12. The SMILES string of the molecule is CCCCCCCCCCCCC(Br)c1ccc(O)cc1C.S. The predicted octanol–water partition coefficient (Wildman–Crippen LogP) is 7.56. The van der Waals surface area contributed by atoms with Crippen molar-refractivity contribution in [2.45, 2.75) is 89.3 Å². The summed E-state index contributed by atoms with van der Waals surface area (Å²) in [4.78, 5) is 0.419. The van der Waals surface area contributed by atoms with Crippen LogP contribution in [0.1, 0.15) is 93.5 Å². The maximum Gasteiger partial charge on any atom is 0.115 e. The zero-order chi connectivity index (χ0) is 16.2. The minimum atomic E-state index is 0. The zero-order valence-electron chi connectivity index (χ0n) is 14.9. The van der Waals surface area contributed by atoms with E-state index in [1.165, 1.54) is 81.8 Å². The Labute approximate surface area is 158 Å². The van der Waals surface area contributed by atoms with Gasteiger partial charge in [-0.2, -0.15) is 13.5 Å². The van der Waals surface area contributed by atoms with Gasteiger partial charge >= 0.3 is 0 Å². The highest BCUT2D eigenvalue weighted by molar-refractivity contribution is 9.09. The van der Waals surface area contributed by atoms with Crippen molar-refractivity contribution in [2.75, 3.05) is 0 Å². The molecule has 1 aromatic rings. The number of halogens is 1. The van der Waals surface area contributed by atoms with Crippen molar-refractivity contribution in [1.82, 2.24) is 0 Å². The van der Waals surface area contributed by atoms with E-state index in [0.717, 1.165) is 0 Å². The van der Waals surface area contributed by atoms with Crippen LogP contribution in [0.3, 0.4) is 0 Å². The van der Waals surface area contributed by atoms with E-state index in [0.29, 0.717) is 10.6 Å². The summed E-state index contributed by atoms with van der Waals surface area (Å²) in [6.07, 6.45) is 15.0. The van der Waals surface area contributed by atoms with Crippen molar-refractivity contribution in [3.63, 3.8) is 0 Å². The summed E-state index contributed by atoms with van der Waals surface area (Å²) in [5.41, 5.74) is 2.49. The van der Waals surface area contributed by atoms with Gasteiger partial charge < -0.3 is 5.11 Å². The van der Waals surface area contributed by atoms with Crippen molar-refractivity contribution in [1.29, 1.82) is 0 Å². The maximum atomic E-state index is 9.47. The van der Waals surface area contributed by atoms with E-state index in [1.54, 1.807) is 6.07 Å². The van der Waals surface area contributed by atoms with E-state index in [4.69, 9.17) is 0 Å². The molecule has 1 atom stereocenters. The van der Waals surface area contributed by atoms with Crippen LogP contribution >= 0.6 is 29.4 Å². The number of phenolic OH excluding ortho intramolecular Hbond substituents is 1. The van der Waals surface area contributed by atoms with Crippen LogP contribution in [-0.4, -0.2) is 5.11 Å². The standard InChI is InChI=1S/C20H33BrO.H2S/c1-3-4-5-6-7-8-9-10-11-12-13-20(21)19-15-14-18(22)16-17(19)2;/h14-16,20,22H,3-13H2,1-2H3;1H2. The monoisotopic (exact) mass is 402 g/mol. The van der Waals surface area contributed by atoms with E-state index in [-0.39, 0.29) is 13.5 Å². The maximum absolute atomic E-state index is 9.47. The topological polar surface area (TPSA) is 20.2 Å². The lowest BCUT2D eigenvalue weighted by Gasteiger charge is -2.13. The van der Waals surface area contributed by atoms with Gasteiger partial charge in [-0.25, -0.2) is 0 Å². The third-order valence-electron chi connectivity index (χ3n) is 4.40. The summed E-state index contributed by atoms with van der Waals surface area (Å²) in [7, 11) is 0. The minimum absolute atomic E-state index is 0. The van der Waals surface area contributed by atoms with Crippen molar-refractivity contribution in [3.8, 4) is 5.75 Å². The molecule has 1 aromatic carbocycles. The van der Waals surface area contributed by atoms with E-state index in [1.807, 2.05) is 12.1 Å². The molecular formula is C20H35BrOS. The van der Waals surface area contributed by atoms with Crippen molar-refractivity contribution in [2.24, 2.45) is 0 Å². The van der Waals surface area contributed by atoms with Gasteiger partial charge in [-0.1, -0.05) is 93.1 Å². The second-order valence-corrected chi connectivity index (χ2v) is 7.58. The smallest absolute Gasteiger partial charge is 0.115 e. The van der Waals surface area contributed by atoms with Gasteiger partial charge in [-0.05, 0) is 36.6 Å². The average Bonchev–Trinajstić information content (AvgIpc) is 2.49.